The van der Waals surface area contributed by atoms with Crippen LogP contribution >= 0.6 is 0 Å². The zero-order valence-corrected chi connectivity index (χ0v) is 12.3. The lowest BCUT2D eigenvalue weighted by molar-refractivity contribution is -0.142. The average Bonchev–Trinajstić information content (AvgIpc) is 2.50. The number of methoxy groups -OCH3 is 1. The van der Waals surface area contributed by atoms with Crippen molar-refractivity contribution in [3.63, 3.8) is 0 Å². The van der Waals surface area contributed by atoms with Crippen LogP contribution in [0.5, 0.6) is 0 Å². The SMILES string of the molecule is CCC(=O)OCC1=C(C)C(C)=C(C)C1(C)COC. The van der Waals surface area contributed by atoms with Gasteiger partial charge in [-0.3, -0.25) is 4.79 Å². The van der Waals surface area contributed by atoms with Gasteiger partial charge in [-0.15, -0.1) is 0 Å². The van der Waals surface area contributed by atoms with Gasteiger partial charge in [-0.05, 0) is 44.4 Å². The van der Waals surface area contributed by atoms with Crippen LogP contribution < -0.4 is 0 Å². The maximum atomic E-state index is 11.3. The van der Waals surface area contributed by atoms with E-state index in [4.69, 9.17) is 9.47 Å². The molecule has 0 radical (unpaired) electrons. The van der Waals surface area contributed by atoms with E-state index in [0.29, 0.717) is 19.6 Å². The molecule has 1 unspecified atom stereocenters. The largest absolute Gasteiger partial charge is 0.461 e. The molecule has 1 rings (SSSR count). The third-order valence-corrected chi connectivity index (χ3v) is 4.17. The van der Waals surface area contributed by atoms with Crippen LogP contribution in [0.3, 0.4) is 0 Å². The summed E-state index contributed by atoms with van der Waals surface area (Å²) in [5.74, 6) is -0.155. The highest BCUT2D eigenvalue weighted by atomic mass is 16.5. The van der Waals surface area contributed by atoms with Gasteiger partial charge in [0.25, 0.3) is 0 Å². The Bertz CT molecular complexity index is 404. The summed E-state index contributed by atoms with van der Waals surface area (Å²) < 4.78 is 10.7. The van der Waals surface area contributed by atoms with Crippen molar-refractivity contribution in [2.75, 3.05) is 20.3 Å². The molecule has 102 valence electrons. The Labute approximate surface area is 110 Å². The van der Waals surface area contributed by atoms with Gasteiger partial charge in [0, 0.05) is 18.9 Å². The summed E-state index contributed by atoms with van der Waals surface area (Å²) in [6.45, 7) is 11.3. The second-order valence-electron chi connectivity index (χ2n) is 5.13. The number of allylic oxidation sites excluding steroid dienone is 2. The van der Waals surface area contributed by atoms with Crippen molar-refractivity contribution < 1.29 is 14.3 Å². The van der Waals surface area contributed by atoms with E-state index < -0.39 is 0 Å². The molecular weight excluding hydrogens is 228 g/mol. The number of esters is 1. The van der Waals surface area contributed by atoms with Crippen molar-refractivity contribution in [2.45, 2.75) is 41.0 Å². The molecule has 0 saturated carbocycles. The molecule has 1 atom stereocenters. The van der Waals surface area contributed by atoms with Crippen LogP contribution in [-0.2, 0) is 14.3 Å². The van der Waals surface area contributed by atoms with E-state index in [2.05, 4.69) is 27.7 Å². The van der Waals surface area contributed by atoms with E-state index in [1.807, 2.05) is 0 Å². The molecule has 3 heteroatoms. The van der Waals surface area contributed by atoms with Gasteiger partial charge in [-0.2, -0.15) is 0 Å². The van der Waals surface area contributed by atoms with Crippen molar-refractivity contribution in [1.82, 2.24) is 0 Å². The van der Waals surface area contributed by atoms with Gasteiger partial charge in [-0.25, -0.2) is 0 Å². The van der Waals surface area contributed by atoms with Crippen molar-refractivity contribution >= 4 is 5.97 Å². The third-order valence-electron chi connectivity index (χ3n) is 4.17. The van der Waals surface area contributed by atoms with Crippen LogP contribution in [0, 0.1) is 5.41 Å². The summed E-state index contributed by atoms with van der Waals surface area (Å²) in [4.78, 5) is 11.3. The first-order valence-corrected chi connectivity index (χ1v) is 6.41. The standard InChI is InChI=1S/C15H24O3/c1-7-14(16)18-8-13-11(3)10(2)12(4)15(13,5)9-17-6/h7-9H2,1-6H3. The van der Waals surface area contributed by atoms with E-state index in [0.717, 1.165) is 0 Å². The van der Waals surface area contributed by atoms with Crippen LogP contribution in [-0.4, -0.2) is 26.3 Å². The molecule has 0 amide bonds. The first-order valence-electron chi connectivity index (χ1n) is 6.41. The molecule has 0 spiro atoms. The predicted octanol–water partition coefficient (Wildman–Crippen LogP) is 3.26. The molecule has 0 aliphatic heterocycles. The van der Waals surface area contributed by atoms with E-state index >= 15 is 0 Å². The number of hydrogen-bond donors (Lipinski definition) is 0. The van der Waals surface area contributed by atoms with Crippen molar-refractivity contribution in [2.24, 2.45) is 5.41 Å². The summed E-state index contributed by atoms with van der Waals surface area (Å²) in [7, 11) is 1.71. The highest BCUT2D eigenvalue weighted by Crippen LogP contribution is 2.46. The Morgan fingerprint density at radius 3 is 2.33 bits per heavy atom. The van der Waals surface area contributed by atoms with E-state index in [1.165, 1.54) is 22.3 Å². The Balaban J connectivity index is 2.97. The smallest absolute Gasteiger partial charge is 0.305 e. The number of rotatable bonds is 5. The minimum absolute atomic E-state index is 0.142. The van der Waals surface area contributed by atoms with Crippen LogP contribution in [0.15, 0.2) is 22.3 Å². The summed E-state index contributed by atoms with van der Waals surface area (Å²) in [6, 6.07) is 0. The second-order valence-corrected chi connectivity index (χ2v) is 5.13. The molecule has 0 aromatic rings. The predicted molar refractivity (Wildman–Crippen MR) is 72.3 cm³/mol. The lowest BCUT2D eigenvalue weighted by Crippen LogP contribution is -2.28. The third kappa shape index (κ3) is 2.51. The molecule has 0 fully saturated rings. The lowest BCUT2D eigenvalue weighted by Gasteiger charge is -2.29. The van der Waals surface area contributed by atoms with Gasteiger partial charge < -0.3 is 9.47 Å². The molecule has 1 aliphatic carbocycles. The van der Waals surface area contributed by atoms with Crippen molar-refractivity contribution in [3.05, 3.63) is 22.3 Å². The Kier molecular flexibility index (Phi) is 4.74. The minimum atomic E-state index is -0.155. The van der Waals surface area contributed by atoms with Gasteiger partial charge >= 0.3 is 5.97 Å². The van der Waals surface area contributed by atoms with E-state index in [9.17, 15) is 4.79 Å². The maximum Gasteiger partial charge on any atom is 0.305 e. The fraction of sp³-hybridized carbons (Fsp3) is 0.667. The number of carbonyl (C=O) groups is 1. The summed E-state index contributed by atoms with van der Waals surface area (Å²) in [5.41, 5.74) is 4.86. The van der Waals surface area contributed by atoms with Gasteiger partial charge in [0.2, 0.25) is 0 Å². The maximum absolute atomic E-state index is 11.3. The Morgan fingerprint density at radius 2 is 1.83 bits per heavy atom. The Hall–Kier alpha value is -1.09. The molecule has 0 aromatic carbocycles. The summed E-state index contributed by atoms with van der Waals surface area (Å²) in [5, 5.41) is 0. The lowest BCUT2D eigenvalue weighted by atomic mass is 9.79. The van der Waals surface area contributed by atoms with Crippen molar-refractivity contribution in [3.8, 4) is 0 Å². The second kappa shape index (κ2) is 5.70. The van der Waals surface area contributed by atoms with Crippen LogP contribution in [0.1, 0.15) is 41.0 Å². The molecule has 0 saturated heterocycles. The average molecular weight is 252 g/mol. The normalized spacial score (nSPS) is 23.9. The van der Waals surface area contributed by atoms with E-state index in [-0.39, 0.29) is 11.4 Å². The van der Waals surface area contributed by atoms with Gasteiger partial charge in [-0.1, -0.05) is 12.5 Å². The zero-order valence-electron chi connectivity index (χ0n) is 12.3. The van der Waals surface area contributed by atoms with Gasteiger partial charge in [0.15, 0.2) is 0 Å². The molecule has 0 bridgehead atoms. The molecule has 3 nitrogen and oxygen atoms in total. The van der Waals surface area contributed by atoms with Crippen molar-refractivity contribution in [1.29, 1.82) is 0 Å². The van der Waals surface area contributed by atoms with Gasteiger partial charge in [0.1, 0.15) is 6.61 Å². The first-order chi connectivity index (χ1) is 8.38. The molecule has 0 aromatic heterocycles. The van der Waals surface area contributed by atoms with Crippen LogP contribution in [0.25, 0.3) is 0 Å². The summed E-state index contributed by atoms with van der Waals surface area (Å²) in [6.07, 6.45) is 0.415. The fourth-order valence-electron chi connectivity index (χ4n) is 2.57. The van der Waals surface area contributed by atoms with E-state index in [1.54, 1.807) is 14.0 Å². The highest BCUT2D eigenvalue weighted by molar-refractivity contribution is 5.69. The minimum Gasteiger partial charge on any atom is -0.461 e. The van der Waals surface area contributed by atoms with Crippen LogP contribution in [0.4, 0.5) is 0 Å². The number of hydrogen-bond acceptors (Lipinski definition) is 3. The zero-order chi connectivity index (χ0) is 13.9. The van der Waals surface area contributed by atoms with Crippen LogP contribution in [0.2, 0.25) is 0 Å². The molecule has 18 heavy (non-hydrogen) atoms. The Morgan fingerprint density at radius 1 is 1.22 bits per heavy atom. The molecule has 0 heterocycles. The monoisotopic (exact) mass is 252 g/mol. The highest BCUT2D eigenvalue weighted by Gasteiger charge is 2.39. The number of ether oxygens (including phenoxy) is 2. The first kappa shape index (κ1) is 15.0. The fourth-order valence-corrected chi connectivity index (χ4v) is 2.57. The molecule has 1 aliphatic rings. The molecular formula is C15H24O3. The molecule has 0 N–H and O–H groups in total. The quantitative estimate of drug-likeness (QED) is 0.704. The topological polar surface area (TPSA) is 35.5 Å². The van der Waals surface area contributed by atoms with Gasteiger partial charge in [0.05, 0.1) is 6.61 Å². The number of carbonyl (C=O) groups excluding carboxylic acids is 1. The summed E-state index contributed by atoms with van der Waals surface area (Å²) >= 11 is 0.